The van der Waals surface area contributed by atoms with Crippen molar-refractivity contribution in [1.29, 1.82) is 0 Å². The molecule has 6 heteroatoms. The lowest BCUT2D eigenvalue weighted by molar-refractivity contribution is 0.0920. The van der Waals surface area contributed by atoms with Crippen LogP contribution in [0.3, 0.4) is 0 Å². The Hall–Kier alpha value is -3.08. The Bertz CT molecular complexity index is 1180. The summed E-state index contributed by atoms with van der Waals surface area (Å²) in [6, 6.07) is 17.1. The van der Waals surface area contributed by atoms with Crippen LogP contribution in [0.25, 0.3) is 6.08 Å². The standard InChI is InChI=1S/C24H16Cl2O4/c1-14-10-18(29-13-20(27)15-6-8-17(25)9-7-15)12-21-23(14)24(28)22(30-21)11-16-4-2-3-5-19(16)26/h2-12H,13H2,1H3/b22-11-. The van der Waals surface area contributed by atoms with E-state index < -0.39 is 0 Å². The average Bonchev–Trinajstić information content (AvgIpc) is 3.04. The number of hydrogen-bond acceptors (Lipinski definition) is 4. The molecule has 4 nitrogen and oxygen atoms in total. The highest BCUT2D eigenvalue weighted by Crippen LogP contribution is 2.38. The zero-order valence-corrected chi connectivity index (χ0v) is 17.5. The van der Waals surface area contributed by atoms with Crippen LogP contribution in [0.15, 0.2) is 66.4 Å². The molecule has 1 aliphatic heterocycles. The van der Waals surface area contributed by atoms with E-state index in [0.29, 0.717) is 43.8 Å². The van der Waals surface area contributed by atoms with E-state index in [-0.39, 0.29) is 23.9 Å². The van der Waals surface area contributed by atoms with Gasteiger partial charge in [-0.2, -0.15) is 0 Å². The lowest BCUT2D eigenvalue weighted by Crippen LogP contribution is -2.11. The predicted molar refractivity (Wildman–Crippen MR) is 117 cm³/mol. The molecule has 3 aromatic carbocycles. The quantitative estimate of drug-likeness (QED) is 0.352. The lowest BCUT2D eigenvalue weighted by atomic mass is 10.0. The highest BCUT2D eigenvalue weighted by Gasteiger charge is 2.30. The van der Waals surface area contributed by atoms with Gasteiger partial charge in [0.25, 0.3) is 0 Å². The summed E-state index contributed by atoms with van der Waals surface area (Å²) in [6.45, 7) is 1.66. The maximum absolute atomic E-state index is 12.8. The maximum Gasteiger partial charge on any atom is 0.232 e. The van der Waals surface area contributed by atoms with Crippen LogP contribution in [-0.4, -0.2) is 18.2 Å². The number of halogens is 2. The van der Waals surface area contributed by atoms with Crippen molar-refractivity contribution in [2.45, 2.75) is 6.92 Å². The van der Waals surface area contributed by atoms with Crippen molar-refractivity contribution in [2.24, 2.45) is 0 Å². The van der Waals surface area contributed by atoms with Crippen LogP contribution in [0.4, 0.5) is 0 Å². The highest BCUT2D eigenvalue weighted by atomic mass is 35.5. The fourth-order valence-electron chi connectivity index (χ4n) is 3.16. The Balaban J connectivity index is 1.53. The number of carbonyl (C=O) groups is 2. The molecule has 0 unspecified atom stereocenters. The van der Waals surface area contributed by atoms with Gasteiger partial charge in [-0.15, -0.1) is 0 Å². The van der Waals surface area contributed by atoms with Gasteiger partial charge in [0, 0.05) is 21.7 Å². The second kappa shape index (κ2) is 8.34. The number of fused-ring (bicyclic) bond motifs is 1. The topological polar surface area (TPSA) is 52.6 Å². The molecule has 0 atom stereocenters. The van der Waals surface area contributed by atoms with Crippen molar-refractivity contribution in [2.75, 3.05) is 6.61 Å². The first kappa shape index (κ1) is 20.2. The molecule has 1 heterocycles. The number of allylic oxidation sites excluding steroid dienone is 1. The summed E-state index contributed by atoms with van der Waals surface area (Å²) in [7, 11) is 0. The van der Waals surface area contributed by atoms with Crippen molar-refractivity contribution < 1.29 is 19.1 Å². The minimum Gasteiger partial charge on any atom is -0.485 e. The first-order chi connectivity index (χ1) is 14.4. The van der Waals surface area contributed by atoms with E-state index in [1.807, 2.05) is 12.1 Å². The Morgan fingerprint density at radius 2 is 1.80 bits per heavy atom. The Morgan fingerprint density at radius 3 is 2.53 bits per heavy atom. The molecular weight excluding hydrogens is 423 g/mol. The minimum absolute atomic E-state index is 0.143. The Kier molecular flexibility index (Phi) is 5.62. The molecule has 150 valence electrons. The van der Waals surface area contributed by atoms with Crippen LogP contribution in [0.5, 0.6) is 11.5 Å². The van der Waals surface area contributed by atoms with Gasteiger partial charge in [-0.1, -0.05) is 41.4 Å². The van der Waals surface area contributed by atoms with Crippen molar-refractivity contribution in [3.63, 3.8) is 0 Å². The molecule has 0 saturated carbocycles. The number of carbonyl (C=O) groups excluding carboxylic acids is 2. The zero-order chi connectivity index (χ0) is 21.3. The summed E-state index contributed by atoms with van der Waals surface area (Å²) in [5.74, 6) is 0.635. The number of ether oxygens (including phenoxy) is 2. The van der Waals surface area contributed by atoms with Gasteiger partial charge in [0.05, 0.1) is 5.56 Å². The molecular formula is C24H16Cl2O4. The molecule has 0 aliphatic carbocycles. The lowest BCUT2D eigenvalue weighted by Gasteiger charge is -2.09. The summed E-state index contributed by atoms with van der Waals surface area (Å²) in [6.07, 6.45) is 1.62. The number of rotatable bonds is 5. The third-order valence-electron chi connectivity index (χ3n) is 4.67. The van der Waals surface area contributed by atoms with Crippen LogP contribution in [0, 0.1) is 6.92 Å². The number of Topliss-reactive ketones (excluding diaryl/α,β-unsaturated/α-hetero) is 2. The normalized spacial score (nSPS) is 13.8. The molecule has 0 fully saturated rings. The minimum atomic E-state index is -0.216. The van der Waals surface area contributed by atoms with Crippen LogP contribution in [-0.2, 0) is 0 Å². The molecule has 0 amide bonds. The third kappa shape index (κ3) is 4.11. The Morgan fingerprint density at radius 1 is 1.07 bits per heavy atom. The monoisotopic (exact) mass is 438 g/mol. The van der Waals surface area contributed by atoms with Gasteiger partial charge in [0.2, 0.25) is 5.78 Å². The van der Waals surface area contributed by atoms with Gasteiger partial charge in [0.15, 0.2) is 18.1 Å². The fourth-order valence-corrected chi connectivity index (χ4v) is 3.48. The van der Waals surface area contributed by atoms with Crippen molar-refractivity contribution in [3.8, 4) is 11.5 Å². The van der Waals surface area contributed by atoms with Crippen molar-refractivity contribution in [3.05, 3.63) is 98.7 Å². The number of hydrogen-bond donors (Lipinski definition) is 0. The average molecular weight is 439 g/mol. The van der Waals surface area contributed by atoms with E-state index in [1.54, 1.807) is 61.5 Å². The second-order valence-corrected chi connectivity index (χ2v) is 7.64. The molecule has 0 N–H and O–H groups in total. The molecule has 0 spiro atoms. The van der Waals surface area contributed by atoms with E-state index in [1.165, 1.54) is 0 Å². The van der Waals surface area contributed by atoms with Crippen LogP contribution in [0.1, 0.15) is 31.8 Å². The Labute approximate surface area is 183 Å². The van der Waals surface area contributed by atoms with Gasteiger partial charge in [-0.25, -0.2) is 0 Å². The number of ketones is 2. The van der Waals surface area contributed by atoms with Gasteiger partial charge in [-0.3, -0.25) is 9.59 Å². The van der Waals surface area contributed by atoms with E-state index in [2.05, 4.69) is 0 Å². The molecule has 30 heavy (non-hydrogen) atoms. The van der Waals surface area contributed by atoms with Gasteiger partial charge < -0.3 is 9.47 Å². The largest absolute Gasteiger partial charge is 0.485 e. The number of benzene rings is 3. The predicted octanol–water partition coefficient (Wildman–Crippen LogP) is 6.18. The SMILES string of the molecule is Cc1cc(OCC(=O)c2ccc(Cl)cc2)cc2c1C(=O)/C(=C/c1ccccc1Cl)O2. The van der Waals surface area contributed by atoms with Crippen LogP contribution < -0.4 is 9.47 Å². The van der Waals surface area contributed by atoms with Gasteiger partial charge in [0.1, 0.15) is 11.5 Å². The highest BCUT2D eigenvalue weighted by molar-refractivity contribution is 6.32. The van der Waals surface area contributed by atoms with Gasteiger partial charge >= 0.3 is 0 Å². The van der Waals surface area contributed by atoms with E-state index in [9.17, 15) is 9.59 Å². The maximum atomic E-state index is 12.8. The molecule has 3 aromatic rings. The summed E-state index contributed by atoms with van der Waals surface area (Å²) in [5, 5.41) is 1.09. The van der Waals surface area contributed by atoms with Crippen molar-refractivity contribution in [1.82, 2.24) is 0 Å². The molecule has 4 rings (SSSR count). The van der Waals surface area contributed by atoms with E-state index >= 15 is 0 Å². The smallest absolute Gasteiger partial charge is 0.232 e. The van der Waals surface area contributed by atoms with E-state index in [0.717, 1.165) is 0 Å². The summed E-state index contributed by atoms with van der Waals surface area (Å²) in [5.41, 5.74) is 2.38. The molecule has 0 saturated heterocycles. The van der Waals surface area contributed by atoms with E-state index in [4.69, 9.17) is 32.7 Å². The molecule has 0 bridgehead atoms. The third-order valence-corrected chi connectivity index (χ3v) is 5.27. The summed E-state index contributed by atoms with van der Waals surface area (Å²) < 4.78 is 11.4. The molecule has 0 aromatic heterocycles. The van der Waals surface area contributed by atoms with Crippen LogP contribution in [0.2, 0.25) is 10.0 Å². The van der Waals surface area contributed by atoms with Gasteiger partial charge in [-0.05, 0) is 60.5 Å². The molecule has 0 radical (unpaired) electrons. The summed E-state index contributed by atoms with van der Waals surface area (Å²) in [4.78, 5) is 25.1. The second-order valence-electron chi connectivity index (χ2n) is 6.79. The number of aryl methyl sites for hydroxylation is 1. The molecule has 1 aliphatic rings. The zero-order valence-electron chi connectivity index (χ0n) is 15.9. The fraction of sp³-hybridized carbons (Fsp3) is 0.0833. The van der Waals surface area contributed by atoms with Crippen molar-refractivity contribution >= 4 is 40.8 Å². The van der Waals surface area contributed by atoms with Crippen LogP contribution >= 0.6 is 23.2 Å². The first-order valence-corrected chi connectivity index (χ1v) is 9.93. The summed E-state index contributed by atoms with van der Waals surface area (Å²) >= 11 is 12.0. The first-order valence-electron chi connectivity index (χ1n) is 9.17.